The molecule has 0 saturated heterocycles. The van der Waals surface area contributed by atoms with Gasteiger partial charge in [0, 0.05) is 23.2 Å². The molecule has 1 saturated carbocycles. The van der Waals surface area contributed by atoms with Gasteiger partial charge in [-0.15, -0.1) is 0 Å². The molecule has 1 heterocycles. The van der Waals surface area contributed by atoms with Crippen molar-refractivity contribution in [2.45, 2.75) is 26.7 Å². The third-order valence-corrected chi connectivity index (χ3v) is 3.84. The molecule has 0 bridgehead atoms. The van der Waals surface area contributed by atoms with Crippen LogP contribution >= 0.6 is 0 Å². The van der Waals surface area contributed by atoms with Crippen molar-refractivity contribution in [2.75, 3.05) is 6.61 Å². The molecule has 2 unspecified atom stereocenters. The van der Waals surface area contributed by atoms with Gasteiger partial charge in [-0.25, -0.2) is 0 Å². The number of aromatic nitrogens is 1. The lowest BCUT2D eigenvalue weighted by Crippen LogP contribution is -2.03. The van der Waals surface area contributed by atoms with Crippen LogP contribution < -0.4 is 4.74 Å². The molecule has 3 rings (SSSR count). The quantitative estimate of drug-likeness (QED) is 0.828. The van der Waals surface area contributed by atoms with Crippen LogP contribution in [0.4, 0.5) is 0 Å². The molecule has 1 aliphatic rings. The molecule has 1 aliphatic carbocycles. The average Bonchev–Trinajstić information content (AvgIpc) is 2.99. The van der Waals surface area contributed by atoms with E-state index in [-0.39, 0.29) is 11.7 Å². The number of carbonyl (C=O) groups excluding carboxylic acids is 1. The number of rotatable bonds is 5. The van der Waals surface area contributed by atoms with E-state index >= 15 is 0 Å². The fraction of sp³-hybridized carbons (Fsp3) is 0.438. The Kier molecular flexibility index (Phi) is 3.05. The molecule has 19 heavy (non-hydrogen) atoms. The van der Waals surface area contributed by atoms with Crippen LogP contribution in [0.5, 0.6) is 5.75 Å². The molecular formula is C16H19NO2. The van der Waals surface area contributed by atoms with Gasteiger partial charge < -0.3 is 9.72 Å². The molecule has 3 heteroatoms. The zero-order valence-corrected chi connectivity index (χ0v) is 11.4. The maximum Gasteiger partial charge on any atom is 0.168 e. The Bertz CT molecular complexity index is 614. The second kappa shape index (κ2) is 4.72. The van der Waals surface area contributed by atoms with Gasteiger partial charge in [-0.1, -0.05) is 19.9 Å². The van der Waals surface area contributed by atoms with Gasteiger partial charge in [0.15, 0.2) is 5.78 Å². The summed E-state index contributed by atoms with van der Waals surface area (Å²) in [4.78, 5) is 15.6. The predicted octanol–water partition coefficient (Wildman–Crippen LogP) is 3.80. The molecule has 2 atom stereocenters. The van der Waals surface area contributed by atoms with Crippen LogP contribution in [0, 0.1) is 11.8 Å². The lowest BCUT2D eigenvalue weighted by molar-refractivity contribution is 0.0963. The van der Waals surface area contributed by atoms with Gasteiger partial charge in [-0.05, 0) is 30.9 Å². The van der Waals surface area contributed by atoms with E-state index in [1.54, 1.807) is 0 Å². The van der Waals surface area contributed by atoms with Crippen molar-refractivity contribution in [1.82, 2.24) is 4.98 Å². The van der Waals surface area contributed by atoms with Crippen molar-refractivity contribution in [3.63, 3.8) is 0 Å². The smallest absolute Gasteiger partial charge is 0.168 e. The molecule has 2 aromatic rings. The van der Waals surface area contributed by atoms with E-state index < -0.39 is 0 Å². The molecule has 1 N–H and O–H groups in total. The Morgan fingerprint density at radius 1 is 1.47 bits per heavy atom. The SMILES string of the molecule is CCCOc1cccc2[nH]cc(C(=O)C3CC3C)c12. The number of benzene rings is 1. The van der Waals surface area contributed by atoms with Gasteiger partial charge in [0.05, 0.1) is 12.0 Å². The highest BCUT2D eigenvalue weighted by Gasteiger charge is 2.40. The molecule has 0 amide bonds. The number of hydrogen-bond acceptors (Lipinski definition) is 2. The number of fused-ring (bicyclic) bond motifs is 1. The lowest BCUT2D eigenvalue weighted by atomic mass is 10.0. The summed E-state index contributed by atoms with van der Waals surface area (Å²) in [6.07, 6.45) is 3.81. The Balaban J connectivity index is 2.02. The van der Waals surface area contributed by atoms with Gasteiger partial charge in [-0.2, -0.15) is 0 Å². The molecule has 100 valence electrons. The van der Waals surface area contributed by atoms with Crippen LogP contribution in [0.15, 0.2) is 24.4 Å². The molecule has 0 aliphatic heterocycles. The van der Waals surface area contributed by atoms with E-state index in [4.69, 9.17) is 4.74 Å². The Morgan fingerprint density at radius 2 is 2.26 bits per heavy atom. The van der Waals surface area contributed by atoms with Crippen LogP contribution in [0.3, 0.4) is 0 Å². The third kappa shape index (κ3) is 2.14. The van der Waals surface area contributed by atoms with Crippen LogP contribution in [-0.4, -0.2) is 17.4 Å². The highest BCUT2D eigenvalue weighted by Crippen LogP contribution is 2.42. The van der Waals surface area contributed by atoms with Crippen molar-refractivity contribution in [2.24, 2.45) is 11.8 Å². The van der Waals surface area contributed by atoms with Gasteiger partial charge in [0.25, 0.3) is 0 Å². The van der Waals surface area contributed by atoms with E-state index in [1.807, 2.05) is 24.4 Å². The largest absolute Gasteiger partial charge is 0.493 e. The van der Waals surface area contributed by atoms with Gasteiger partial charge in [-0.3, -0.25) is 4.79 Å². The normalized spacial score (nSPS) is 21.6. The second-order valence-electron chi connectivity index (χ2n) is 5.41. The number of ketones is 1. The summed E-state index contributed by atoms with van der Waals surface area (Å²) in [6, 6.07) is 5.89. The number of carbonyl (C=O) groups is 1. The first-order valence-electron chi connectivity index (χ1n) is 6.99. The Labute approximate surface area is 113 Å². The minimum atomic E-state index is 0.207. The van der Waals surface area contributed by atoms with E-state index in [9.17, 15) is 4.79 Å². The van der Waals surface area contributed by atoms with E-state index in [1.165, 1.54) is 0 Å². The van der Waals surface area contributed by atoms with Crippen LogP contribution in [0.1, 0.15) is 37.0 Å². The summed E-state index contributed by atoms with van der Waals surface area (Å²) in [5, 5.41) is 0.944. The lowest BCUT2D eigenvalue weighted by Gasteiger charge is -2.07. The number of ether oxygens (including phenoxy) is 1. The summed E-state index contributed by atoms with van der Waals surface area (Å²) in [7, 11) is 0. The van der Waals surface area contributed by atoms with Crippen LogP contribution in [-0.2, 0) is 0 Å². The van der Waals surface area contributed by atoms with Gasteiger partial charge >= 0.3 is 0 Å². The van der Waals surface area contributed by atoms with Crippen LogP contribution in [0.2, 0.25) is 0 Å². The Morgan fingerprint density at radius 3 is 2.95 bits per heavy atom. The van der Waals surface area contributed by atoms with Crippen molar-refractivity contribution in [3.8, 4) is 5.75 Å². The van der Waals surface area contributed by atoms with Crippen molar-refractivity contribution in [1.29, 1.82) is 0 Å². The fourth-order valence-electron chi connectivity index (χ4n) is 2.57. The number of hydrogen-bond donors (Lipinski definition) is 1. The summed E-state index contributed by atoms with van der Waals surface area (Å²) >= 11 is 0. The number of H-pyrrole nitrogens is 1. The van der Waals surface area contributed by atoms with E-state index in [0.29, 0.717) is 12.5 Å². The number of nitrogens with one attached hydrogen (secondary N) is 1. The van der Waals surface area contributed by atoms with Crippen LogP contribution in [0.25, 0.3) is 10.9 Å². The van der Waals surface area contributed by atoms with Gasteiger partial charge in [0.2, 0.25) is 0 Å². The molecule has 1 aromatic heterocycles. The minimum absolute atomic E-state index is 0.207. The average molecular weight is 257 g/mol. The van der Waals surface area contributed by atoms with Crippen molar-refractivity contribution >= 4 is 16.7 Å². The number of aromatic amines is 1. The summed E-state index contributed by atoms with van der Waals surface area (Å²) in [6.45, 7) is 4.89. The number of Topliss-reactive ketones (excluding diaryl/α,β-unsaturated/α-hetero) is 1. The zero-order chi connectivity index (χ0) is 13.4. The summed E-state index contributed by atoms with van der Waals surface area (Å²) in [5.41, 5.74) is 1.77. The predicted molar refractivity (Wildman–Crippen MR) is 75.7 cm³/mol. The standard InChI is InChI=1S/C16H19NO2/c1-3-7-19-14-6-4-5-13-15(14)12(9-17-13)16(18)11-8-10(11)2/h4-6,9-11,17H,3,7-8H2,1-2H3. The summed E-state index contributed by atoms with van der Waals surface area (Å²) < 4.78 is 5.77. The zero-order valence-electron chi connectivity index (χ0n) is 11.4. The monoisotopic (exact) mass is 257 g/mol. The maximum absolute atomic E-state index is 12.4. The first-order valence-corrected chi connectivity index (χ1v) is 6.99. The highest BCUT2D eigenvalue weighted by atomic mass is 16.5. The highest BCUT2D eigenvalue weighted by molar-refractivity contribution is 6.11. The van der Waals surface area contributed by atoms with E-state index in [2.05, 4.69) is 18.8 Å². The minimum Gasteiger partial charge on any atom is -0.493 e. The Hall–Kier alpha value is -1.77. The van der Waals surface area contributed by atoms with Crippen molar-refractivity contribution < 1.29 is 9.53 Å². The summed E-state index contributed by atoms with van der Waals surface area (Å²) in [5.74, 6) is 1.81. The molecule has 3 nitrogen and oxygen atoms in total. The first kappa shape index (κ1) is 12.3. The third-order valence-electron chi connectivity index (χ3n) is 3.84. The second-order valence-corrected chi connectivity index (χ2v) is 5.41. The van der Waals surface area contributed by atoms with Gasteiger partial charge in [0.1, 0.15) is 5.75 Å². The van der Waals surface area contributed by atoms with Crippen molar-refractivity contribution in [3.05, 3.63) is 30.0 Å². The molecule has 1 aromatic carbocycles. The first-order chi connectivity index (χ1) is 9.22. The molecule has 0 radical (unpaired) electrons. The topological polar surface area (TPSA) is 42.1 Å². The fourth-order valence-corrected chi connectivity index (χ4v) is 2.57. The molecule has 0 spiro atoms. The molecule has 1 fully saturated rings. The van der Waals surface area contributed by atoms with E-state index in [0.717, 1.165) is 35.1 Å². The maximum atomic E-state index is 12.4. The molecular weight excluding hydrogens is 238 g/mol.